The highest BCUT2D eigenvalue weighted by Gasteiger charge is 2.20. The molecule has 0 unspecified atom stereocenters. The maximum atomic E-state index is 13.2. The molecule has 0 aliphatic rings. The Balaban J connectivity index is 2.12. The monoisotopic (exact) mass is 312 g/mol. The highest BCUT2D eigenvalue weighted by Crippen LogP contribution is 2.20. The summed E-state index contributed by atoms with van der Waals surface area (Å²) in [5.41, 5.74) is 1.14. The minimum Gasteiger partial charge on any atom is -0.350 e. The fourth-order valence-electron chi connectivity index (χ4n) is 2.34. The Labute approximate surface area is 133 Å². The van der Waals surface area contributed by atoms with Crippen LogP contribution in [0.2, 0.25) is 0 Å². The van der Waals surface area contributed by atoms with Crippen molar-refractivity contribution in [1.82, 2.24) is 19.7 Å². The largest absolute Gasteiger partial charge is 0.350 e. The van der Waals surface area contributed by atoms with E-state index in [4.69, 9.17) is 0 Å². The SMILES string of the molecule is CC(C)NC(=O)c1cnn(-c2ccc(F)cc2)c1-n1cccc1. The first-order chi connectivity index (χ1) is 11.1. The summed E-state index contributed by atoms with van der Waals surface area (Å²) in [4.78, 5) is 12.4. The molecule has 0 fully saturated rings. The van der Waals surface area contributed by atoms with Crippen molar-refractivity contribution in [2.24, 2.45) is 0 Å². The van der Waals surface area contributed by atoms with Crippen LogP contribution in [0.5, 0.6) is 0 Å². The molecule has 0 aliphatic heterocycles. The predicted octanol–water partition coefficient (Wildman–Crippen LogP) is 2.94. The second-order valence-corrected chi connectivity index (χ2v) is 5.49. The molecule has 1 aromatic carbocycles. The van der Waals surface area contributed by atoms with E-state index in [0.717, 1.165) is 0 Å². The molecule has 0 spiro atoms. The first kappa shape index (κ1) is 15.0. The average Bonchev–Trinajstić information content (AvgIpc) is 3.16. The van der Waals surface area contributed by atoms with Crippen LogP contribution in [0.15, 0.2) is 55.0 Å². The lowest BCUT2D eigenvalue weighted by Gasteiger charge is -2.12. The van der Waals surface area contributed by atoms with Crippen molar-refractivity contribution in [3.8, 4) is 11.5 Å². The number of nitrogens with one attached hydrogen (secondary N) is 1. The van der Waals surface area contributed by atoms with Crippen LogP contribution in [0.4, 0.5) is 4.39 Å². The molecule has 0 saturated carbocycles. The summed E-state index contributed by atoms with van der Waals surface area (Å²) >= 11 is 0. The second kappa shape index (κ2) is 6.08. The van der Waals surface area contributed by atoms with Crippen LogP contribution < -0.4 is 5.32 Å². The van der Waals surface area contributed by atoms with Crippen molar-refractivity contribution in [1.29, 1.82) is 0 Å². The van der Waals surface area contributed by atoms with Crippen molar-refractivity contribution in [3.05, 3.63) is 66.4 Å². The van der Waals surface area contributed by atoms with Gasteiger partial charge in [0, 0.05) is 18.4 Å². The van der Waals surface area contributed by atoms with Crippen molar-refractivity contribution in [2.75, 3.05) is 0 Å². The minimum atomic E-state index is -0.318. The Morgan fingerprint density at radius 3 is 2.43 bits per heavy atom. The molecular formula is C17H17FN4O. The van der Waals surface area contributed by atoms with Crippen molar-refractivity contribution >= 4 is 5.91 Å². The van der Waals surface area contributed by atoms with Gasteiger partial charge in [0.25, 0.3) is 5.91 Å². The highest BCUT2D eigenvalue weighted by atomic mass is 19.1. The predicted molar refractivity (Wildman–Crippen MR) is 85.5 cm³/mol. The molecule has 1 amide bonds. The molecule has 0 radical (unpaired) electrons. The molecule has 0 saturated heterocycles. The lowest BCUT2D eigenvalue weighted by molar-refractivity contribution is 0.0943. The maximum Gasteiger partial charge on any atom is 0.256 e. The molecular weight excluding hydrogens is 295 g/mol. The number of carbonyl (C=O) groups excluding carboxylic acids is 1. The van der Waals surface area contributed by atoms with Gasteiger partial charge in [0.2, 0.25) is 0 Å². The van der Waals surface area contributed by atoms with E-state index in [1.165, 1.54) is 18.3 Å². The molecule has 6 heteroatoms. The van der Waals surface area contributed by atoms with Gasteiger partial charge in [-0.25, -0.2) is 9.07 Å². The quantitative estimate of drug-likeness (QED) is 0.805. The number of halogens is 1. The van der Waals surface area contributed by atoms with Gasteiger partial charge in [-0.15, -0.1) is 0 Å². The van der Waals surface area contributed by atoms with Crippen molar-refractivity contribution in [3.63, 3.8) is 0 Å². The lowest BCUT2D eigenvalue weighted by Crippen LogP contribution is -2.30. The summed E-state index contributed by atoms with van der Waals surface area (Å²) in [5.74, 6) is 0.0954. The molecule has 2 heterocycles. The van der Waals surface area contributed by atoms with Gasteiger partial charge in [-0.1, -0.05) is 0 Å². The van der Waals surface area contributed by atoms with Gasteiger partial charge in [0.15, 0.2) is 5.82 Å². The summed E-state index contributed by atoms with van der Waals surface area (Å²) < 4.78 is 16.6. The van der Waals surface area contributed by atoms with Gasteiger partial charge in [0.1, 0.15) is 11.4 Å². The summed E-state index contributed by atoms with van der Waals surface area (Å²) in [6, 6.07) is 9.74. The average molecular weight is 312 g/mol. The topological polar surface area (TPSA) is 51.9 Å². The zero-order valence-corrected chi connectivity index (χ0v) is 12.9. The van der Waals surface area contributed by atoms with E-state index in [-0.39, 0.29) is 17.8 Å². The summed E-state index contributed by atoms with van der Waals surface area (Å²) in [6.45, 7) is 3.80. The molecule has 0 atom stereocenters. The van der Waals surface area contributed by atoms with Crippen LogP contribution in [-0.2, 0) is 0 Å². The molecule has 0 aliphatic carbocycles. The van der Waals surface area contributed by atoms with E-state index in [2.05, 4.69) is 10.4 Å². The summed E-state index contributed by atoms with van der Waals surface area (Å²) in [7, 11) is 0. The number of amides is 1. The number of hydrogen-bond acceptors (Lipinski definition) is 2. The standard InChI is InChI=1S/C17H17FN4O/c1-12(2)20-16(23)15-11-19-22(14-7-5-13(18)6-8-14)17(15)21-9-3-4-10-21/h3-12H,1-2H3,(H,20,23). The smallest absolute Gasteiger partial charge is 0.256 e. The van der Waals surface area contributed by atoms with Crippen LogP contribution in [0.1, 0.15) is 24.2 Å². The van der Waals surface area contributed by atoms with E-state index in [0.29, 0.717) is 17.1 Å². The zero-order valence-electron chi connectivity index (χ0n) is 12.9. The van der Waals surface area contributed by atoms with Crippen LogP contribution in [0.25, 0.3) is 11.5 Å². The van der Waals surface area contributed by atoms with Gasteiger partial charge >= 0.3 is 0 Å². The first-order valence-corrected chi connectivity index (χ1v) is 7.34. The van der Waals surface area contributed by atoms with E-state index in [9.17, 15) is 9.18 Å². The number of benzene rings is 1. The molecule has 3 aromatic rings. The molecule has 0 bridgehead atoms. The van der Waals surface area contributed by atoms with Gasteiger partial charge in [0.05, 0.1) is 11.9 Å². The third-order valence-corrected chi connectivity index (χ3v) is 3.33. The number of nitrogens with zero attached hydrogens (tertiary/aromatic N) is 3. The maximum absolute atomic E-state index is 13.2. The first-order valence-electron chi connectivity index (χ1n) is 7.34. The van der Waals surface area contributed by atoms with Gasteiger partial charge < -0.3 is 9.88 Å². The Morgan fingerprint density at radius 1 is 1.17 bits per heavy atom. The second-order valence-electron chi connectivity index (χ2n) is 5.49. The third kappa shape index (κ3) is 3.01. The fraction of sp³-hybridized carbons (Fsp3) is 0.176. The summed E-state index contributed by atoms with van der Waals surface area (Å²) in [6.07, 6.45) is 5.20. The van der Waals surface area contributed by atoms with Crippen molar-refractivity contribution in [2.45, 2.75) is 19.9 Å². The molecule has 23 heavy (non-hydrogen) atoms. The van der Waals surface area contributed by atoms with Gasteiger partial charge in [-0.05, 0) is 50.2 Å². The molecule has 1 N–H and O–H groups in total. The van der Waals surface area contributed by atoms with E-state index in [1.54, 1.807) is 16.8 Å². The number of hydrogen-bond donors (Lipinski definition) is 1. The van der Waals surface area contributed by atoms with Crippen molar-refractivity contribution < 1.29 is 9.18 Å². The Bertz CT molecular complexity index is 804. The number of carbonyl (C=O) groups is 1. The summed E-state index contributed by atoms with van der Waals surface area (Å²) in [5, 5.41) is 7.18. The molecule has 2 aromatic heterocycles. The van der Waals surface area contributed by atoms with E-state index >= 15 is 0 Å². The van der Waals surface area contributed by atoms with E-state index < -0.39 is 0 Å². The minimum absolute atomic E-state index is 0.0224. The Morgan fingerprint density at radius 2 is 1.83 bits per heavy atom. The number of rotatable bonds is 4. The zero-order chi connectivity index (χ0) is 16.4. The highest BCUT2D eigenvalue weighted by molar-refractivity contribution is 5.97. The van der Waals surface area contributed by atoms with Gasteiger partial charge in [-0.2, -0.15) is 5.10 Å². The molecule has 3 rings (SSSR count). The molecule has 5 nitrogen and oxygen atoms in total. The van der Waals surface area contributed by atoms with Crippen LogP contribution in [0, 0.1) is 5.82 Å². The fourth-order valence-corrected chi connectivity index (χ4v) is 2.34. The van der Waals surface area contributed by atoms with Crippen LogP contribution >= 0.6 is 0 Å². The normalized spacial score (nSPS) is 11.0. The van der Waals surface area contributed by atoms with E-state index in [1.807, 2.05) is 42.9 Å². The number of aromatic nitrogens is 3. The third-order valence-electron chi connectivity index (χ3n) is 3.33. The Kier molecular flexibility index (Phi) is 3.97. The van der Waals surface area contributed by atoms with Crippen LogP contribution in [0.3, 0.4) is 0 Å². The molecule has 118 valence electrons. The lowest BCUT2D eigenvalue weighted by atomic mass is 10.2. The Hall–Kier alpha value is -2.89. The van der Waals surface area contributed by atoms with Crippen LogP contribution in [-0.4, -0.2) is 26.3 Å². The van der Waals surface area contributed by atoms with Gasteiger partial charge in [-0.3, -0.25) is 4.79 Å².